The standard InChI is InChI=1S/C15H20ClN3O2/c16-12-1-2-13-14(3-5-18-15(13)11-12)19-6-8-21-10-9-20-7-4-17/h1-3,5,11H,4,6-10,17H2,(H,18,19). The van der Waals surface area contributed by atoms with Gasteiger partial charge in [-0.2, -0.15) is 0 Å². The Hall–Kier alpha value is -1.40. The van der Waals surface area contributed by atoms with Gasteiger partial charge in [-0.05, 0) is 24.3 Å². The summed E-state index contributed by atoms with van der Waals surface area (Å²) in [6, 6.07) is 7.63. The van der Waals surface area contributed by atoms with Crippen LogP contribution < -0.4 is 11.1 Å². The molecule has 0 aliphatic rings. The van der Waals surface area contributed by atoms with Crippen molar-refractivity contribution in [1.29, 1.82) is 0 Å². The molecule has 0 saturated heterocycles. The Morgan fingerprint density at radius 2 is 1.90 bits per heavy atom. The summed E-state index contributed by atoms with van der Waals surface area (Å²) >= 11 is 5.97. The van der Waals surface area contributed by atoms with E-state index in [1.807, 2.05) is 24.3 Å². The summed E-state index contributed by atoms with van der Waals surface area (Å²) in [5.41, 5.74) is 7.23. The number of hydrogen-bond acceptors (Lipinski definition) is 5. The maximum absolute atomic E-state index is 5.97. The van der Waals surface area contributed by atoms with E-state index in [0.29, 0.717) is 38.0 Å². The van der Waals surface area contributed by atoms with Crippen LogP contribution in [0.15, 0.2) is 30.5 Å². The number of benzene rings is 1. The third kappa shape index (κ3) is 5.13. The van der Waals surface area contributed by atoms with Gasteiger partial charge in [-0.1, -0.05) is 11.6 Å². The van der Waals surface area contributed by atoms with Crippen LogP contribution in [0.5, 0.6) is 0 Å². The number of fused-ring (bicyclic) bond motifs is 1. The van der Waals surface area contributed by atoms with Gasteiger partial charge in [0.05, 0.1) is 31.9 Å². The highest BCUT2D eigenvalue weighted by molar-refractivity contribution is 6.31. The van der Waals surface area contributed by atoms with Crippen molar-refractivity contribution in [3.8, 4) is 0 Å². The van der Waals surface area contributed by atoms with Crippen LogP contribution in [0.4, 0.5) is 5.69 Å². The Balaban J connectivity index is 1.76. The van der Waals surface area contributed by atoms with Gasteiger partial charge in [0.1, 0.15) is 0 Å². The fourth-order valence-electron chi connectivity index (χ4n) is 1.94. The van der Waals surface area contributed by atoms with E-state index in [1.54, 1.807) is 6.20 Å². The van der Waals surface area contributed by atoms with Crippen LogP contribution in [0.1, 0.15) is 0 Å². The summed E-state index contributed by atoms with van der Waals surface area (Å²) in [5, 5.41) is 5.08. The zero-order valence-electron chi connectivity index (χ0n) is 11.8. The average molecular weight is 310 g/mol. The van der Waals surface area contributed by atoms with E-state index in [1.165, 1.54) is 0 Å². The molecular weight excluding hydrogens is 290 g/mol. The fourth-order valence-corrected chi connectivity index (χ4v) is 2.10. The molecule has 0 saturated carbocycles. The Morgan fingerprint density at radius 3 is 2.71 bits per heavy atom. The second-order valence-corrected chi connectivity index (χ2v) is 4.90. The van der Waals surface area contributed by atoms with Crippen LogP contribution in [0.25, 0.3) is 10.9 Å². The average Bonchev–Trinajstić information content (AvgIpc) is 2.49. The molecule has 21 heavy (non-hydrogen) atoms. The van der Waals surface area contributed by atoms with Crippen molar-refractivity contribution in [1.82, 2.24) is 4.98 Å². The first-order valence-corrected chi connectivity index (χ1v) is 7.33. The van der Waals surface area contributed by atoms with Crippen LogP contribution in [-0.2, 0) is 9.47 Å². The Bertz CT molecular complexity index is 566. The van der Waals surface area contributed by atoms with E-state index < -0.39 is 0 Å². The van der Waals surface area contributed by atoms with Crippen molar-refractivity contribution in [3.63, 3.8) is 0 Å². The monoisotopic (exact) mass is 309 g/mol. The Kier molecular flexibility index (Phi) is 6.69. The maximum Gasteiger partial charge on any atom is 0.0737 e. The van der Waals surface area contributed by atoms with E-state index in [9.17, 15) is 0 Å². The van der Waals surface area contributed by atoms with Crippen molar-refractivity contribution in [2.45, 2.75) is 0 Å². The third-order valence-corrected chi connectivity index (χ3v) is 3.14. The van der Waals surface area contributed by atoms with Crippen molar-refractivity contribution in [2.24, 2.45) is 5.73 Å². The lowest BCUT2D eigenvalue weighted by Crippen LogP contribution is -2.15. The molecule has 2 aromatic rings. The normalized spacial score (nSPS) is 11.0. The summed E-state index contributed by atoms with van der Waals surface area (Å²) < 4.78 is 10.7. The maximum atomic E-state index is 5.97. The lowest BCUT2D eigenvalue weighted by atomic mass is 10.2. The molecule has 0 bridgehead atoms. The fraction of sp³-hybridized carbons (Fsp3) is 0.400. The van der Waals surface area contributed by atoms with Crippen molar-refractivity contribution in [3.05, 3.63) is 35.5 Å². The first-order valence-electron chi connectivity index (χ1n) is 6.95. The quantitative estimate of drug-likeness (QED) is 0.696. The van der Waals surface area contributed by atoms with Crippen molar-refractivity contribution < 1.29 is 9.47 Å². The topological polar surface area (TPSA) is 69.4 Å². The number of anilines is 1. The molecule has 114 valence electrons. The lowest BCUT2D eigenvalue weighted by Gasteiger charge is -2.10. The second kappa shape index (κ2) is 8.79. The van der Waals surface area contributed by atoms with E-state index in [0.717, 1.165) is 23.1 Å². The van der Waals surface area contributed by atoms with Crippen LogP contribution in [0.2, 0.25) is 5.02 Å². The molecule has 1 aromatic heterocycles. The number of aromatic nitrogens is 1. The molecule has 0 fully saturated rings. The first-order chi connectivity index (χ1) is 10.3. The summed E-state index contributed by atoms with van der Waals surface area (Å²) in [4.78, 5) is 4.31. The van der Waals surface area contributed by atoms with Gasteiger partial charge in [0, 0.05) is 35.4 Å². The summed E-state index contributed by atoms with van der Waals surface area (Å²) in [7, 11) is 0. The van der Waals surface area contributed by atoms with Gasteiger partial charge in [0.25, 0.3) is 0 Å². The third-order valence-electron chi connectivity index (χ3n) is 2.90. The van der Waals surface area contributed by atoms with Gasteiger partial charge >= 0.3 is 0 Å². The van der Waals surface area contributed by atoms with Gasteiger partial charge in [0.2, 0.25) is 0 Å². The van der Waals surface area contributed by atoms with E-state index in [4.69, 9.17) is 26.8 Å². The van der Waals surface area contributed by atoms with Crippen molar-refractivity contribution in [2.75, 3.05) is 44.8 Å². The predicted molar refractivity (Wildman–Crippen MR) is 85.9 cm³/mol. The smallest absolute Gasteiger partial charge is 0.0737 e. The molecule has 3 N–H and O–H groups in total. The number of nitrogens with zero attached hydrogens (tertiary/aromatic N) is 1. The molecule has 0 aliphatic heterocycles. The molecule has 5 nitrogen and oxygen atoms in total. The number of halogens is 1. The molecular formula is C15H20ClN3O2. The number of hydrogen-bond donors (Lipinski definition) is 2. The zero-order chi connectivity index (χ0) is 14.9. The van der Waals surface area contributed by atoms with Gasteiger partial charge in [-0.3, -0.25) is 4.98 Å². The van der Waals surface area contributed by atoms with Crippen LogP contribution in [0.3, 0.4) is 0 Å². The van der Waals surface area contributed by atoms with Gasteiger partial charge in [-0.25, -0.2) is 0 Å². The molecule has 0 unspecified atom stereocenters. The molecule has 0 radical (unpaired) electrons. The molecule has 1 aromatic carbocycles. The molecule has 0 atom stereocenters. The Morgan fingerprint density at radius 1 is 1.10 bits per heavy atom. The molecule has 1 heterocycles. The minimum Gasteiger partial charge on any atom is -0.382 e. The minimum absolute atomic E-state index is 0.542. The molecule has 0 amide bonds. The molecule has 0 spiro atoms. The number of nitrogens with one attached hydrogen (secondary N) is 1. The largest absolute Gasteiger partial charge is 0.382 e. The van der Waals surface area contributed by atoms with Crippen molar-refractivity contribution >= 4 is 28.2 Å². The summed E-state index contributed by atoms with van der Waals surface area (Å²) in [5.74, 6) is 0. The molecule has 0 aliphatic carbocycles. The van der Waals surface area contributed by atoms with E-state index in [2.05, 4.69) is 10.3 Å². The highest BCUT2D eigenvalue weighted by Gasteiger charge is 2.02. The highest BCUT2D eigenvalue weighted by atomic mass is 35.5. The molecule has 6 heteroatoms. The van der Waals surface area contributed by atoms with E-state index in [-0.39, 0.29) is 0 Å². The van der Waals surface area contributed by atoms with Crippen LogP contribution in [-0.4, -0.2) is 44.5 Å². The predicted octanol–water partition coefficient (Wildman–Crippen LogP) is 2.29. The lowest BCUT2D eigenvalue weighted by molar-refractivity contribution is 0.0548. The van der Waals surface area contributed by atoms with E-state index >= 15 is 0 Å². The number of rotatable bonds is 9. The number of ether oxygens (including phenoxy) is 2. The number of nitrogens with two attached hydrogens (primary N) is 1. The van der Waals surface area contributed by atoms with Gasteiger partial charge in [-0.15, -0.1) is 0 Å². The Labute approximate surface area is 129 Å². The molecule has 2 rings (SSSR count). The number of pyridine rings is 1. The van der Waals surface area contributed by atoms with Gasteiger partial charge in [0.15, 0.2) is 0 Å². The second-order valence-electron chi connectivity index (χ2n) is 4.46. The zero-order valence-corrected chi connectivity index (χ0v) is 12.6. The highest BCUT2D eigenvalue weighted by Crippen LogP contribution is 2.24. The van der Waals surface area contributed by atoms with Crippen LogP contribution >= 0.6 is 11.6 Å². The SMILES string of the molecule is NCCOCCOCCNc1ccnc2cc(Cl)ccc12. The van der Waals surface area contributed by atoms with Crippen LogP contribution in [0, 0.1) is 0 Å². The summed E-state index contributed by atoms with van der Waals surface area (Å²) in [6.07, 6.45) is 1.77. The first kappa shape index (κ1) is 16.0. The van der Waals surface area contributed by atoms with Gasteiger partial charge < -0.3 is 20.5 Å². The summed E-state index contributed by atoms with van der Waals surface area (Å²) in [6.45, 7) is 3.61. The minimum atomic E-state index is 0.542.